The molecule has 0 saturated carbocycles. The summed E-state index contributed by atoms with van der Waals surface area (Å²) in [5.74, 6) is 1.05. The monoisotopic (exact) mass is 306 g/mol. The molecule has 2 aromatic heterocycles. The Morgan fingerprint density at radius 2 is 2.29 bits per heavy atom. The standard InChI is InChI=1S/C15H22N4OS/c1-3-12-9-19(6-5-18(12)8-11(2)20)14-13-4-7-21-15(13)17-10-16-14/h4,7,10-12,20H,3,5-6,8-9H2,1-2H3/t11-,12+/m1/s1. The van der Waals surface area contributed by atoms with Gasteiger partial charge in [0.15, 0.2) is 0 Å². The molecular weight excluding hydrogens is 284 g/mol. The maximum Gasteiger partial charge on any atom is 0.140 e. The van der Waals surface area contributed by atoms with E-state index in [9.17, 15) is 5.11 Å². The van der Waals surface area contributed by atoms with Crippen molar-refractivity contribution in [2.24, 2.45) is 0 Å². The third-order valence-electron chi connectivity index (χ3n) is 4.11. The van der Waals surface area contributed by atoms with Crippen LogP contribution < -0.4 is 4.90 Å². The van der Waals surface area contributed by atoms with Crippen LogP contribution in [-0.2, 0) is 0 Å². The number of β-amino-alcohol motifs (C(OH)–C–C–N with tert-alkyl or cyclic N) is 1. The number of aliphatic hydroxyl groups is 1. The number of rotatable bonds is 4. The average molecular weight is 306 g/mol. The van der Waals surface area contributed by atoms with E-state index >= 15 is 0 Å². The highest BCUT2D eigenvalue weighted by molar-refractivity contribution is 7.16. The highest BCUT2D eigenvalue weighted by Crippen LogP contribution is 2.28. The fourth-order valence-corrected chi connectivity index (χ4v) is 3.81. The van der Waals surface area contributed by atoms with Crippen molar-refractivity contribution in [1.29, 1.82) is 0 Å². The van der Waals surface area contributed by atoms with Crippen LogP contribution in [0.25, 0.3) is 10.2 Å². The molecule has 3 heterocycles. The minimum absolute atomic E-state index is 0.270. The molecule has 0 aromatic carbocycles. The summed E-state index contributed by atoms with van der Waals surface area (Å²) < 4.78 is 0. The Balaban J connectivity index is 1.80. The molecule has 2 aromatic rings. The summed E-state index contributed by atoms with van der Waals surface area (Å²) in [5, 5.41) is 12.9. The fraction of sp³-hybridized carbons (Fsp3) is 0.600. The first-order chi connectivity index (χ1) is 10.2. The lowest BCUT2D eigenvalue weighted by Gasteiger charge is -2.42. The highest BCUT2D eigenvalue weighted by atomic mass is 32.1. The first-order valence-corrected chi connectivity index (χ1v) is 8.42. The second-order valence-corrected chi connectivity index (χ2v) is 6.58. The van der Waals surface area contributed by atoms with Gasteiger partial charge in [-0.2, -0.15) is 0 Å². The van der Waals surface area contributed by atoms with Gasteiger partial charge in [0.25, 0.3) is 0 Å². The second kappa shape index (κ2) is 6.25. The van der Waals surface area contributed by atoms with Crippen molar-refractivity contribution in [3.63, 3.8) is 0 Å². The third-order valence-corrected chi connectivity index (χ3v) is 4.94. The summed E-state index contributed by atoms with van der Waals surface area (Å²) in [7, 11) is 0. The van der Waals surface area contributed by atoms with Crippen LogP contribution in [0.4, 0.5) is 5.82 Å². The van der Waals surface area contributed by atoms with E-state index < -0.39 is 0 Å². The van der Waals surface area contributed by atoms with Gasteiger partial charge in [-0.3, -0.25) is 4.90 Å². The van der Waals surface area contributed by atoms with Crippen LogP contribution in [0.3, 0.4) is 0 Å². The van der Waals surface area contributed by atoms with E-state index in [1.54, 1.807) is 17.7 Å². The molecule has 1 N–H and O–H groups in total. The normalized spacial score (nSPS) is 21.9. The Hall–Kier alpha value is -1.24. The molecule has 1 fully saturated rings. The number of hydrogen-bond acceptors (Lipinski definition) is 6. The Labute approximate surface area is 129 Å². The van der Waals surface area contributed by atoms with Crippen LogP contribution in [-0.4, -0.2) is 58.3 Å². The van der Waals surface area contributed by atoms with E-state index in [0.29, 0.717) is 6.04 Å². The van der Waals surface area contributed by atoms with E-state index in [0.717, 1.165) is 48.6 Å². The van der Waals surface area contributed by atoms with Gasteiger partial charge in [0.05, 0.1) is 11.5 Å². The summed E-state index contributed by atoms with van der Waals surface area (Å²) in [6.45, 7) is 7.71. The molecule has 21 heavy (non-hydrogen) atoms. The first kappa shape index (κ1) is 14.7. The van der Waals surface area contributed by atoms with E-state index in [4.69, 9.17) is 0 Å². The molecule has 1 saturated heterocycles. The van der Waals surface area contributed by atoms with Crippen molar-refractivity contribution >= 4 is 27.4 Å². The molecular formula is C15H22N4OS. The average Bonchev–Trinajstić information content (AvgIpc) is 2.95. The minimum Gasteiger partial charge on any atom is -0.392 e. The third kappa shape index (κ3) is 3.02. The zero-order valence-electron chi connectivity index (χ0n) is 12.6. The van der Waals surface area contributed by atoms with Gasteiger partial charge in [0, 0.05) is 32.2 Å². The summed E-state index contributed by atoms with van der Waals surface area (Å²) in [6, 6.07) is 2.58. The Bertz CT molecular complexity index is 600. The molecule has 114 valence electrons. The van der Waals surface area contributed by atoms with Crippen LogP contribution in [0, 0.1) is 0 Å². The maximum atomic E-state index is 9.64. The molecule has 2 atom stereocenters. The summed E-state index contributed by atoms with van der Waals surface area (Å²) >= 11 is 1.66. The summed E-state index contributed by atoms with van der Waals surface area (Å²) in [4.78, 5) is 14.7. The van der Waals surface area contributed by atoms with Gasteiger partial charge >= 0.3 is 0 Å². The number of fused-ring (bicyclic) bond motifs is 1. The Kier molecular flexibility index (Phi) is 4.37. The predicted octanol–water partition coefficient (Wildman–Crippen LogP) is 1.97. The number of aliphatic hydroxyl groups excluding tert-OH is 1. The van der Waals surface area contributed by atoms with Crippen molar-refractivity contribution in [2.45, 2.75) is 32.4 Å². The van der Waals surface area contributed by atoms with Crippen LogP contribution in [0.5, 0.6) is 0 Å². The highest BCUT2D eigenvalue weighted by Gasteiger charge is 2.28. The Morgan fingerprint density at radius 1 is 1.43 bits per heavy atom. The van der Waals surface area contributed by atoms with Crippen molar-refractivity contribution in [1.82, 2.24) is 14.9 Å². The molecule has 0 bridgehead atoms. The van der Waals surface area contributed by atoms with Crippen LogP contribution >= 0.6 is 11.3 Å². The van der Waals surface area contributed by atoms with Crippen LogP contribution in [0.1, 0.15) is 20.3 Å². The number of aromatic nitrogens is 2. The van der Waals surface area contributed by atoms with E-state index in [1.807, 2.05) is 6.92 Å². The van der Waals surface area contributed by atoms with Gasteiger partial charge in [0.1, 0.15) is 17.0 Å². The first-order valence-electron chi connectivity index (χ1n) is 7.54. The van der Waals surface area contributed by atoms with E-state index in [2.05, 4.69) is 38.1 Å². The van der Waals surface area contributed by atoms with Gasteiger partial charge in [0.2, 0.25) is 0 Å². The van der Waals surface area contributed by atoms with Crippen LogP contribution in [0.15, 0.2) is 17.8 Å². The molecule has 0 aliphatic carbocycles. The lowest BCUT2D eigenvalue weighted by atomic mass is 10.1. The molecule has 0 amide bonds. The van der Waals surface area contributed by atoms with Crippen molar-refractivity contribution in [3.8, 4) is 0 Å². The van der Waals surface area contributed by atoms with Gasteiger partial charge < -0.3 is 10.0 Å². The molecule has 6 heteroatoms. The molecule has 3 rings (SSSR count). The van der Waals surface area contributed by atoms with Crippen molar-refractivity contribution in [2.75, 3.05) is 31.1 Å². The maximum absolute atomic E-state index is 9.64. The predicted molar refractivity (Wildman–Crippen MR) is 87.0 cm³/mol. The van der Waals surface area contributed by atoms with Gasteiger partial charge in [-0.15, -0.1) is 11.3 Å². The zero-order chi connectivity index (χ0) is 14.8. The molecule has 5 nitrogen and oxygen atoms in total. The van der Waals surface area contributed by atoms with Gasteiger partial charge in [-0.05, 0) is 24.8 Å². The largest absolute Gasteiger partial charge is 0.392 e. The quantitative estimate of drug-likeness (QED) is 0.936. The number of hydrogen-bond donors (Lipinski definition) is 1. The number of thiophene rings is 1. The topological polar surface area (TPSA) is 52.5 Å². The number of nitrogens with zero attached hydrogens (tertiary/aromatic N) is 4. The number of piperazine rings is 1. The lowest BCUT2D eigenvalue weighted by molar-refractivity contribution is 0.0885. The molecule has 1 aliphatic heterocycles. The van der Waals surface area contributed by atoms with Crippen LogP contribution in [0.2, 0.25) is 0 Å². The lowest BCUT2D eigenvalue weighted by Crippen LogP contribution is -2.54. The van der Waals surface area contributed by atoms with Gasteiger partial charge in [-0.1, -0.05) is 6.92 Å². The molecule has 0 radical (unpaired) electrons. The zero-order valence-corrected chi connectivity index (χ0v) is 13.4. The second-order valence-electron chi connectivity index (χ2n) is 5.69. The molecule has 0 unspecified atom stereocenters. The summed E-state index contributed by atoms with van der Waals surface area (Å²) in [5.41, 5.74) is 0. The molecule has 1 aliphatic rings. The Morgan fingerprint density at radius 3 is 3.05 bits per heavy atom. The van der Waals surface area contributed by atoms with Crippen molar-refractivity contribution < 1.29 is 5.11 Å². The van der Waals surface area contributed by atoms with E-state index in [1.165, 1.54) is 0 Å². The summed E-state index contributed by atoms with van der Waals surface area (Å²) in [6.07, 6.45) is 2.48. The molecule has 0 spiro atoms. The SMILES string of the molecule is CC[C@H]1CN(c2ncnc3sccc23)CCN1C[C@@H](C)O. The van der Waals surface area contributed by atoms with Gasteiger partial charge in [-0.25, -0.2) is 9.97 Å². The fourth-order valence-electron chi connectivity index (χ4n) is 3.08. The minimum atomic E-state index is -0.270. The number of anilines is 1. The van der Waals surface area contributed by atoms with E-state index in [-0.39, 0.29) is 6.10 Å². The smallest absolute Gasteiger partial charge is 0.140 e. The van der Waals surface area contributed by atoms with Crippen molar-refractivity contribution in [3.05, 3.63) is 17.8 Å².